The molecule has 0 saturated carbocycles. The standard InChI is InChI=1S/C11H20O3/c12-11(9-3-1-5-13-7-9)10-4-2-6-14-8-10/h9-12H,1-8H2. The average Bonchev–Trinajstić information content (AvgIpc) is 2.30. The first-order valence-corrected chi connectivity index (χ1v) is 5.71. The van der Waals surface area contributed by atoms with Gasteiger partial charge in [-0.15, -0.1) is 0 Å². The molecule has 0 bridgehead atoms. The molecule has 0 aromatic heterocycles. The van der Waals surface area contributed by atoms with Crippen LogP contribution in [0, 0.1) is 11.8 Å². The van der Waals surface area contributed by atoms with Gasteiger partial charge in [-0.25, -0.2) is 0 Å². The van der Waals surface area contributed by atoms with Crippen molar-refractivity contribution >= 4 is 0 Å². The molecule has 0 amide bonds. The van der Waals surface area contributed by atoms with Gasteiger partial charge in [0.05, 0.1) is 19.3 Å². The fourth-order valence-electron chi connectivity index (χ4n) is 2.45. The molecular weight excluding hydrogens is 180 g/mol. The third-order valence-corrected chi connectivity index (χ3v) is 3.36. The predicted molar refractivity (Wildman–Crippen MR) is 53.1 cm³/mol. The Kier molecular flexibility index (Phi) is 3.79. The summed E-state index contributed by atoms with van der Waals surface area (Å²) >= 11 is 0. The molecule has 2 rings (SSSR count). The van der Waals surface area contributed by atoms with E-state index in [1.165, 1.54) is 0 Å². The Bertz CT molecular complexity index is 142. The zero-order valence-electron chi connectivity index (χ0n) is 8.65. The molecular formula is C11H20O3. The third-order valence-electron chi connectivity index (χ3n) is 3.36. The van der Waals surface area contributed by atoms with Gasteiger partial charge >= 0.3 is 0 Å². The van der Waals surface area contributed by atoms with Gasteiger partial charge in [-0.05, 0) is 25.7 Å². The van der Waals surface area contributed by atoms with Crippen LogP contribution in [0.25, 0.3) is 0 Å². The van der Waals surface area contributed by atoms with Crippen molar-refractivity contribution in [2.24, 2.45) is 11.8 Å². The Morgan fingerprint density at radius 3 is 1.79 bits per heavy atom. The lowest BCUT2D eigenvalue weighted by Gasteiger charge is -2.33. The first-order valence-electron chi connectivity index (χ1n) is 5.71. The van der Waals surface area contributed by atoms with E-state index in [2.05, 4.69) is 0 Å². The number of aliphatic hydroxyl groups excluding tert-OH is 1. The molecule has 3 heteroatoms. The largest absolute Gasteiger partial charge is 0.392 e. The molecule has 2 fully saturated rings. The molecule has 0 spiro atoms. The van der Waals surface area contributed by atoms with Crippen LogP contribution < -0.4 is 0 Å². The van der Waals surface area contributed by atoms with Gasteiger partial charge < -0.3 is 14.6 Å². The minimum absolute atomic E-state index is 0.212. The van der Waals surface area contributed by atoms with Gasteiger partial charge in [0.25, 0.3) is 0 Å². The summed E-state index contributed by atoms with van der Waals surface area (Å²) < 4.78 is 10.8. The SMILES string of the molecule is OC(C1CCCOC1)C1CCCOC1. The number of rotatable bonds is 2. The van der Waals surface area contributed by atoms with Crippen LogP contribution in [0.2, 0.25) is 0 Å². The zero-order valence-corrected chi connectivity index (χ0v) is 8.65. The number of hydrogen-bond acceptors (Lipinski definition) is 3. The van der Waals surface area contributed by atoms with Crippen LogP contribution in [-0.2, 0) is 9.47 Å². The van der Waals surface area contributed by atoms with Gasteiger partial charge in [-0.1, -0.05) is 0 Å². The van der Waals surface area contributed by atoms with Crippen molar-refractivity contribution in [3.63, 3.8) is 0 Å². The Balaban J connectivity index is 1.82. The summed E-state index contributed by atoms with van der Waals surface area (Å²) in [5, 5.41) is 10.1. The number of aliphatic hydroxyl groups is 1. The monoisotopic (exact) mass is 200 g/mol. The fourth-order valence-corrected chi connectivity index (χ4v) is 2.45. The van der Waals surface area contributed by atoms with E-state index in [1.54, 1.807) is 0 Å². The third kappa shape index (κ3) is 2.47. The minimum Gasteiger partial charge on any atom is -0.392 e. The van der Waals surface area contributed by atoms with Gasteiger partial charge in [-0.2, -0.15) is 0 Å². The van der Waals surface area contributed by atoms with Gasteiger partial charge in [0.1, 0.15) is 0 Å². The summed E-state index contributed by atoms with van der Waals surface area (Å²) in [4.78, 5) is 0. The van der Waals surface area contributed by atoms with Crippen molar-refractivity contribution in [1.82, 2.24) is 0 Å². The second kappa shape index (κ2) is 5.10. The summed E-state index contributed by atoms with van der Waals surface area (Å²) in [6.45, 7) is 3.20. The van der Waals surface area contributed by atoms with Crippen molar-refractivity contribution < 1.29 is 14.6 Å². The first-order chi connectivity index (χ1) is 6.88. The smallest absolute Gasteiger partial charge is 0.0640 e. The van der Waals surface area contributed by atoms with E-state index in [1.807, 2.05) is 0 Å². The summed E-state index contributed by atoms with van der Waals surface area (Å²) in [5.41, 5.74) is 0. The summed E-state index contributed by atoms with van der Waals surface area (Å²) in [6, 6.07) is 0. The predicted octanol–water partition coefficient (Wildman–Crippen LogP) is 1.20. The molecule has 2 atom stereocenters. The molecule has 2 saturated heterocycles. The van der Waals surface area contributed by atoms with Crippen molar-refractivity contribution in [1.29, 1.82) is 0 Å². The summed E-state index contributed by atoms with van der Waals surface area (Å²) in [6.07, 6.45) is 4.19. The van der Waals surface area contributed by atoms with Crippen LogP contribution >= 0.6 is 0 Å². The topological polar surface area (TPSA) is 38.7 Å². The van der Waals surface area contributed by atoms with Crippen LogP contribution in [-0.4, -0.2) is 37.6 Å². The second-order valence-electron chi connectivity index (χ2n) is 4.45. The number of ether oxygens (including phenoxy) is 2. The van der Waals surface area contributed by atoms with Crippen LogP contribution in [0.5, 0.6) is 0 Å². The molecule has 0 aromatic carbocycles. The zero-order chi connectivity index (χ0) is 9.80. The molecule has 3 nitrogen and oxygen atoms in total. The Hall–Kier alpha value is -0.120. The molecule has 2 aliphatic rings. The lowest BCUT2D eigenvalue weighted by Crippen LogP contribution is -2.38. The van der Waals surface area contributed by atoms with Crippen molar-refractivity contribution in [3.8, 4) is 0 Å². The van der Waals surface area contributed by atoms with E-state index in [-0.39, 0.29) is 6.10 Å². The second-order valence-corrected chi connectivity index (χ2v) is 4.45. The Morgan fingerprint density at radius 2 is 1.43 bits per heavy atom. The van der Waals surface area contributed by atoms with Gasteiger partial charge in [0.15, 0.2) is 0 Å². The van der Waals surface area contributed by atoms with E-state index in [9.17, 15) is 5.11 Å². The molecule has 1 N–H and O–H groups in total. The quantitative estimate of drug-likeness (QED) is 0.728. The van der Waals surface area contributed by atoms with Crippen LogP contribution in [0.1, 0.15) is 25.7 Å². The minimum atomic E-state index is -0.212. The maximum atomic E-state index is 10.1. The lowest BCUT2D eigenvalue weighted by molar-refractivity contribution is -0.0686. The van der Waals surface area contributed by atoms with Crippen molar-refractivity contribution in [2.75, 3.05) is 26.4 Å². The van der Waals surface area contributed by atoms with Crippen LogP contribution in [0.15, 0.2) is 0 Å². The normalized spacial score (nSPS) is 36.6. The van der Waals surface area contributed by atoms with E-state index in [0.717, 1.165) is 52.1 Å². The first kappa shape index (κ1) is 10.4. The van der Waals surface area contributed by atoms with Gasteiger partial charge in [-0.3, -0.25) is 0 Å². The average molecular weight is 200 g/mol. The molecule has 82 valence electrons. The Morgan fingerprint density at radius 1 is 0.929 bits per heavy atom. The number of hydrogen-bond donors (Lipinski definition) is 1. The molecule has 0 radical (unpaired) electrons. The molecule has 14 heavy (non-hydrogen) atoms. The van der Waals surface area contributed by atoms with Crippen molar-refractivity contribution in [3.05, 3.63) is 0 Å². The highest BCUT2D eigenvalue weighted by Crippen LogP contribution is 2.27. The van der Waals surface area contributed by atoms with E-state index >= 15 is 0 Å². The molecule has 2 unspecified atom stereocenters. The Labute approximate surface area is 85.4 Å². The lowest BCUT2D eigenvalue weighted by atomic mass is 9.84. The highest BCUT2D eigenvalue weighted by atomic mass is 16.5. The van der Waals surface area contributed by atoms with Crippen LogP contribution in [0.3, 0.4) is 0 Å². The molecule has 2 aliphatic heterocycles. The maximum Gasteiger partial charge on any atom is 0.0640 e. The van der Waals surface area contributed by atoms with Crippen molar-refractivity contribution in [2.45, 2.75) is 31.8 Å². The highest BCUT2D eigenvalue weighted by molar-refractivity contribution is 4.79. The van der Waals surface area contributed by atoms with Crippen LogP contribution in [0.4, 0.5) is 0 Å². The fraction of sp³-hybridized carbons (Fsp3) is 1.00. The van der Waals surface area contributed by atoms with E-state index in [4.69, 9.17) is 9.47 Å². The molecule has 0 aliphatic carbocycles. The van der Waals surface area contributed by atoms with E-state index < -0.39 is 0 Å². The van der Waals surface area contributed by atoms with Gasteiger partial charge in [0, 0.05) is 25.0 Å². The van der Waals surface area contributed by atoms with Gasteiger partial charge in [0.2, 0.25) is 0 Å². The molecule has 2 heterocycles. The highest BCUT2D eigenvalue weighted by Gasteiger charge is 2.30. The molecule has 0 aromatic rings. The van der Waals surface area contributed by atoms with E-state index in [0.29, 0.717) is 11.8 Å². The maximum absolute atomic E-state index is 10.1. The summed E-state index contributed by atoms with van der Waals surface area (Å²) in [7, 11) is 0. The summed E-state index contributed by atoms with van der Waals surface area (Å²) in [5.74, 6) is 0.686.